The molecular weight excluding hydrogens is 274 g/mol. The lowest BCUT2D eigenvalue weighted by Gasteiger charge is -2.33. The molecule has 22 heavy (non-hydrogen) atoms. The smallest absolute Gasteiger partial charge is 0.172 e. The highest BCUT2D eigenvalue weighted by Crippen LogP contribution is 2.38. The van der Waals surface area contributed by atoms with E-state index in [0.717, 1.165) is 32.5 Å². The molecule has 1 atom stereocenters. The Morgan fingerprint density at radius 1 is 1.14 bits per heavy atom. The van der Waals surface area contributed by atoms with E-state index in [-0.39, 0.29) is 5.79 Å². The Morgan fingerprint density at radius 2 is 1.86 bits per heavy atom. The van der Waals surface area contributed by atoms with Gasteiger partial charge in [0.25, 0.3) is 0 Å². The summed E-state index contributed by atoms with van der Waals surface area (Å²) in [5, 5.41) is 0. The molecule has 1 aromatic heterocycles. The van der Waals surface area contributed by atoms with E-state index >= 15 is 0 Å². The maximum absolute atomic E-state index is 5.92. The van der Waals surface area contributed by atoms with E-state index in [9.17, 15) is 0 Å². The van der Waals surface area contributed by atoms with Gasteiger partial charge in [-0.2, -0.15) is 0 Å². The van der Waals surface area contributed by atoms with Gasteiger partial charge >= 0.3 is 0 Å². The molecular formula is C19H23NO2. The number of nitrogens with zero attached hydrogens (tertiary/aromatic N) is 1. The number of hydrogen-bond acceptors (Lipinski definition) is 2. The number of rotatable bonds is 2. The summed E-state index contributed by atoms with van der Waals surface area (Å²) in [6.45, 7) is 5.95. The van der Waals surface area contributed by atoms with E-state index < -0.39 is 0 Å². The summed E-state index contributed by atoms with van der Waals surface area (Å²) >= 11 is 0. The maximum atomic E-state index is 5.92. The molecule has 1 aromatic carbocycles. The second-order valence-corrected chi connectivity index (χ2v) is 6.52. The lowest BCUT2D eigenvalue weighted by atomic mass is 9.90. The van der Waals surface area contributed by atoms with Crippen molar-refractivity contribution in [2.75, 3.05) is 13.2 Å². The van der Waals surface area contributed by atoms with Crippen molar-refractivity contribution in [2.24, 2.45) is 0 Å². The van der Waals surface area contributed by atoms with Crippen molar-refractivity contribution >= 4 is 0 Å². The molecule has 0 amide bonds. The lowest BCUT2D eigenvalue weighted by molar-refractivity contribution is -0.164. The van der Waals surface area contributed by atoms with Crippen molar-refractivity contribution in [1.29, 1.82) is 0 Å². The standard InChI is InChI=1S/C19H23NO2/c1-14-13-20(15(2)16-6-4-3-5-7-16)18-8-9-19(12-17(14)18)21-10-11-22-19/h3-7,13,15H,8-12H2,1-2H3/t15-/m1/s1. The fraction of sp³-hybridized carbons (Fsp3) is 0.474. The Kier molecular flexibility index (Phi) is 3.35. The molecule has 1 saturated heterocycles. The number of aromatic nitrogens is 1. The summed E-state index contributed by atoms with van der Waals surface area (Å²) in [7, 11) is 0. The van der Waals surface area contributed by atoms with Crippen LogP contribution in [-0.4, -0.2) is 23.6 Å². The summed E-state index contributed by atoms with van der Waals surface area (Å²) in [4.78, 5) is 0. The number of fused-ring (bicyclic) bond motifs is 1. The second-order valence-electron chi connectivity index (χ2n) is 6.52. The predicted octanol–water partition coefficient (Wildman–Crippen LogP) is 3.64. The number of ether oxygens (including phenoxy) is 2. The largest absolute Gasteiger partial charge is 0.347 e. The van der Waals surface area contributed by atoms with Gasteiger partial charge in [-0.05, 0) is 37.0 Å². The Hall–Kier alpha value is -1.58. The summed E-state index contributed by atoms with van der Waals surface area (Å²) in [5.74, 6) is -0.347. The van der Waals surface area contributed by atoms with Crippen molar-refractivity contribution in [2.45, 2.75) is 44.9 Å². The summed E-state index contributed by atoms with van der Waals surface area (Å²) in [6.07, 6.45) is 5.18. The first kappa shape index (κ1) is 14.0. The van der Waals surface area contributed by atoms with Crippen molar-refractivity contribution < 1.29 is 9.47 Å². The molecule has 1 aliphatic carbocycles. The third kappa shape index (κ3) is 2.20. The minimum atomic E-state index is -0.347. The van der Waals surface area contributed by atoms with Gasteiger partial charge in [-0.15, -0.1) is 0 Å². The van der Waals surface area contributed by atoms with Gasteiger partial charge in [-0.3, -0.25) is 0 Å². The van der Waals surface area contributed by atoms with Crippen LogP contribution in [0.3, 0.4) is 0 Å². The molecule has 1 fully saturated rings. The SMILES string of the molecule is Cc1cn([C@H](C)c2ccccc2)c2c1CC1(CC2)OCCO1. The molecule has 3 heteroatoms. The van der Waals surface area contributed by atoms with Crippen molar-refractivity contribution in [3.8, 4) is 0 Å². The van der Waals surface area contributed by atoms with Crippen LogP contribution in [0, 0.1) is 6.92 Å². The molecule has 2 heterocycles. The fourth-order valence-corrected chi connectivity index (χ4v) is 3.92. The van der Waals surface area contributed by atoms with E-state index in [4.69, 9.17) is 9.47 Å². The van der Waals surface area contributed by atoms with Gasteiger partial charge in [0.2, 0.25) is 0 Å². The zero-order valence-corrected chi connectivity index (χ0v) is 13.3. The molecule has 2 aliphatic rings. The molecule has 0 saturated carbocycles. The third-order valence-corrected chi connectivity index (χ3v) is 5.17. The van der Waals surface area contributed by atoms with Crippen molar-refractivity contribution in [1.82, 2.24) is 4.57 Å². The first-order chi connectivity index (χ1) is 10.7. The molecule has 0 radical (unpaired) electrons. The minimum Gasteiger partial charge on any atom is -0.347 e. The highest BCUT2D eigenvalue weighted by Gasteiger charge is 2.41. The molecule has 0 bridgehead atoms. The monoisotopic (exact) mass is 297 g/mol. The van der Waals surface area contributed by atoms with Gasteiger partial charge in [0, 0.05) is 24.7 Å². The van der Waals surface area contributed by atoms with Gasteiger partial charge in [0.05, 0.1) is 19.3 Å². The topological polar surface area (TPSA) is 23.4 Å². The average molecular weight is 297 g/mol. The molecule has 3 nitrogen and oxygen atoms in total. The fourth-order valence-electron chi connectivity index (χ4n) is 3.92. The highest BCUT2D eigenvalue weighted by atomic mass is 16.7. The Balaban J connectivity index is 1.69. The van der Waals surface area contributed by atoms with Crippen LogP contribution < -0.4 is 0 Å². The second kappa shape index (κ2) is 5.25. The Morgan fingerprint density at radius 3 is 2.59 bits per heavy atom. The normalized spacial score (nSPS) is 21.0. The summed E-state index contributed by atoms with van der Waals surface area (Å²) in [6, 6.07) is 11.1. The zero-order valence-electron chi connectivity index (χ0n) is 13.3. The molecule has 2 aromatic rings. The van der Waals surface area contributed by atoms with Crippen LogP contribution in [0.15, 0.2) is 36.5 Å². The van der Waals surface area contributed by atoms with Gasteiger partial charge < -0.3 is 14.0 Å². The van der Waals surface area contributed by atoms with Crippen LogP contribution >= 0.6 is 0 Å². The summed E-state index contributed by atoms with van der Waals surface area (Å²) < 4.78 is 14.3. The first-order valence-corrected chi connectivity index (χ1v) is 8.21. The molecule has 1 spiro atoms. The average Bonchev–Trinajstić information content (AvgIpc) is 3.13. The predicted molar refractivity (Wildman–Crippen MR) is 86.1 cm³/mol. The molecule has 4 rings (SSSR count). The molecule has 1 aliphatic heterocycles. The molecule has 116 valence electrons. The third-order valence-electron chi connectivity index (χ3n) is 5.17. The van der Waals surface area contributed by atoms with Gasteiger partial charge in [0.1, 0.15) is 0 Å². The number of hydrogen-bond donors (Lipinski definition) is 0. The van der Waals surface area contributed by atoms with E-state index in [2.05, 4.69) is 54.9 Å². The van der Waals surface area contributed by atoms with E-state index in [1.165, 1.54) is 22.4 Å². The Bertz CT molecular complexity index is 668. The maximum Gasteiger partial charge on any atom is 0.172 e. The van der Waals surface area contributed by atoms with Crippen molar-refractivity contribution in [3.05, 3.63) is 58.9 Å². The summed E-state index contributed by atoms with van der Waals surface area (Å²) in [5.41, 5.74) is 5.60. The lowest BCUT2D eigenvalue weighted by Crippen LogP contribution is -2.37. The van der Waals surface area contributed by atoms with Crippen LogP contribution in [0.4, 0.5) is 0 Å². The van der Waals surface area contributed by atoms with Gasteiger partial charge in [0.15, 0.2) is 5.79 Å². The zero-order chi connectivity index (χ0) is 15.2. The Labute approximate surface area is 131 Å². The van der Waals surface area contributed by atoms with E-state index in [1.807, 2.05) is 0 Å². The quantitative estimate of drug-likeness (QED) is 0.845. The van der Waals surface area contributed by atoms with Crippen LogP contribution in [0.1, 0.15) is 41.8 Å². The van der Waals surface area contributed by atoms with Crippen LogP contribution in [0.2, 0.25) is 0 Å². The minimum absolute atomic E-state index is 0.347. The highest BCUT2D eigenvalue weighted by molar-refractivity contribution is 5.37. The molecule has 0 unspecified atom stereocenters. The molecule has 0 N–H and O–H groups in total. The van der Waals surface area contributed by atoms with Gasteiger partial charge in [-0.25, -0.2) is 0 Å². The van der Waals surface area contributed by atoms with Crippen molar-refractivity contribution in [3.63, 3.8) is 0 Å². The number of benzene rings is 1. The van der Waals surface area contributed by atoms with E-state index in [0.29, 0.717) is 6.04 Å². The number of aryl methyl sites for hydroxylation is 1. The van der Waals surface area contributed by atoms with Crippen LogP contribution in [0.5, 0.6) is 0 Å². The van der Waals surface area contributed by atoms with Crippen LogP contribution in [0.25, 0.3) is 0 Å². The van der Waals surface area contributed by atoms with E-state index in [1.54, 1.807) is 0 Å². The van der Waals surface area contributed by atoms with Gasteiger partial charge in [-0.1, -0.05) is 30.3 Å². The first-order valence-electron chi connectivity index (χ1n) is 8.21. The van der Waals surface area contributed by atoms with Crippen LogP contribution in [-0.2, 0) is 22.3 Å².